The van der Waals surface area contributed by atoms with Gasteiger partial charge < -0.3 is 9.84 Å². The van der Waals surface area contributed by atoms with Crippen molar-refractivity contribution >= 4 is 23.7 Å². The van der Waals surface area contributed by atoms with E-state index in [1.54, 1.807) is 31.2 Å². The molecule has 1 unspecified atom stereocenters. The second kappa shape index (κ2) is 4.72. The summed E-state index contributed by atoms with van der Waals surface area (Å²) in [5.41, 5.74) is 2.02. The molecule has 1 rings (SSSR count). The SMILES string of the molecule is CC(OC=S)c1ccccc1C(=O)O. The molecule has 0 fully saturated rings. The van der Waals surface area contributed by atoms with Crippen LogP contribution in [0.2, 0.25) is 0 Å². The molecule has 0 heterocycles. The quantitative estimate of drug-likeness (QED) is 0.775. The van der Waals surface area contributed by atoms with Crippen molar-refractivity contribution in [2.75, 3.05) is 0 Å². The first-order chi connectivity index (χ1) is 6.66. The van der Waals surface area contributed by atoms with Gasteiger partial charge >= 0.3 is 5.97 Å². The molecule has 14 heavy (non-hydrogen) atoms. The first kappa shape index (κ1) is 10.7. The molecule has 0 aliphatic heterocycles. The lowest BCUT2D eigenvalue weighted by Crippen LogP contribution is -2.06. The van der Waals surface area contributed by atoms with Crippen molar-refractivity contribution in [2.24, 2.45) is 0 Å². The van der Waals surface area contributed by atoms with Crippen LogP contribution in [0.5, 0.6) is 0 Å². The molecule has 0 aromatic heterocycles. The van der Waals surface area contributed by atoms with Crippen LogP contribution >= 0.6 is 12.2 Å². The molecule has 1 aromatic carbocycles. The third-order valence-corrected chi connectivity index (χ3v) is 2.00. The molecule has 0 saturated heterocycles. The van der Waals surface area contributed by atoms with Gasteiger partial charge in [-0.1, -0.05) is 18.2 Å². The van der Waals surface area contributed by atoms with Crippen LogP contribution in [0, 0.1) is 0 Å². The largest absolute Gasteiger partial charge is 0.482 e. The second-order valence-electron chi connectivity index (χ2n) is 2.77. The first-order valence-electron chi connectivity index (χ1n) is 4.08. The van der Waals surface area contributed by atoms with Gasteiger partial charge in [-0.05, 0) is 25.2 Å². The Morgan fingerprint density at radius 3 is 2.79 bits per heavy atom. The number of thiocarbonyl (C=S) groups is 1. The van der Waals surface area contributed by atoms with Gasteiger partial charge in [0.15, 0.2) is 0 Å². The predicted molar refractivity (Wildman–Crippen MR) is 56.6 cm³/mol. The fourth-order valence-corrected chi connectivity index (χ4v) is 1.37. The normalized spacial score (nSPS) is 11.8. The summed E-state index contributed by atoms with van der Waals surface area (Å²) in [6.45, 7) is 1.75. The van der Waals surface area contributed by atoms with Gasteiger partial charge in [-0.15, -0.1) is 0 Å². The zero-order valence-electron chi connectivity index (χ0n) is 7.64. The molecule has 0 aliphatic carbocycles. The van der Waals surface area contributed by atoms with Gasteiger partial charge in [0.05, 0.1) is 5.56 Å². The van der Waals surface area contributed by atoms with Crippen LogP contribution in [-0.4, -0.2) is 16.6 Å². The summed E-state index contributed by atoms with van der Waals surface area (Å²) in [5, 5.41) is 8.89. The zero-order valence-corrected chi connectivity index (χ0v) is 8.45. The second-order valence-corrected chi connectivity index (χ2v) is 2.96. The molecule has 1 atom stereocenters. The van der Waals surface area contributed by atoms with E-state index in [0.29, 0.717) is 5.56 Å². The lowest BCUT2D eigenvalue weighted by molar-refractivity contribution is 0.0691. The van der Waals surface area contributed by atoms with Crippen LogP contribution in [-0.2, 0) is 4.74 Å². The summed E-state index contributed by atoms with van der Waals surface area (Å²) in [5.74, 6) is -0.958. The molecular weight excluding hydrogens is 200 g/mol. The zero-order chi connectivity index (χ0) is 10.6. The lowest BCUT2D eigenvalue weighted by atomic mass is 10.0. The number of carboxylic acid groups (broad SMARTS) is 1. The fourth-order valence-electron chi connectivity index (χ4n) is 1.20. The highest BCUT2D eigenvalue weighted by molar-refractivity contribution is 7.78. The molecule has 3 nitrogen and oxygen atoms in total. The standard InChI is InChI=1S/C10H10O3S/c1-7(13-6-14)8-4-2-3-5-9(8)10(11)12/h2-7H,1H3,(H,11,12). The number of hydrogen-bond donors (Lipinski definition) is 1. The average molecular weight is 210 g/mol. The van der Waals surface area contributed by atoms with Crippen molar-refractivity contribution < 1.29 is 14.6 Å². The highest BCUT2D eigenvalue weighted by Gasteiger charge is 2.14. The Bertz CT molecular complexity index is 349. The Morgan fingerprint density at radius 2 is 2.21 bits per heavy atom. The van der Waals surface area contributed by atoms with Crippen LogP contribution in [0.15, 0.2) is 24.3 Å². The number of aromatic carboxylic acids is 1. The van der Waals surface area contributed by atoms with E-state index in [0.717, 1.165) is 5.55 Å². The van der Waals surface area contributed by atoms with Crippen LogP contribution in [0.1, 0.15) is 28.9 Å². The summed E-state index contributed by atoms with van der Waals surface area (Å²) < 4.78 is 5.05. The van der Waals surface area contributed by atoms with Crippen LogP contribution in [0.4, 0.5) is 0 Å². The Hall–Kier alpha value is -1.42. The molecule has 0 radical (unpaired) electrons. The van der Waals surface area contributed by atoms with Gasteiger partial charge in [0.1, 0.15) is 11.7 Å². The summed E-state index contributed by atoms with van der Waals surface area (Å²) in [6, 6.07) is 6.70. The van der Waals surface area contributed by atoms with Crippen LogP contribution in [0.25, 0.3) is 0 Å². The molecule has 0 aliphatic rings. The van der Waals surface area contributed by atoms with Crippen molar-refractivity contribution in [1.29, 1.82) is 0 Å². The highest BCUT2D eigenvalue weighted by Crippen LogP contribution is 2.20. The Balaban J connectivity index is 3.06. The van der Waals surface area contributed by atoms with Crippen LogP contribution in [0.3, 0.4) is 0 Å². The Morgan fingerprint density at radius 1 is 1.57 bits per heavy atom. The molecular formula is C10H10O3S. The van der Waals surface area contributed by atoms with Crippen molar-refractivity contribution in [2.45, 2.75) is 13.0 Å². The number of ether oxygens (including phenoxy) is 1. The van der Waals surface area contributed by atoms with E-state index in [1.807, 2.05) is 0 Å². The molecule has 1 N–H and O–H groups in total. The van der Waals surface area contributed by atoms with E-state index in [-0.39, 0.29) is 11.7 Å². The van der Waals surface area contributed by atoms with Gasteiger partial charge in [0, 0.05) is 5.56 Å². The molecule has 74 valence electrons. The van der Waals surface area contributed by atoms with E-state index < -0.39 is 5.97 Å². The molecule has 0 saturated carbocycles. The number of carboxylic acids is 1. The minimum Gasteiger partial charge on any atom is -0.482 e. The molecule has 1 aromatic rings. The third-order valence-electron chi connectivity index (χ3n) is 1.89. The summed E-state index contributed by atoms with van der Waals surface area (Å²) in [6.07, 6.45) is -0.334. The monoisotopic (exact) mass is 210 g/mol. The summed E-state index contributed by atoms with van der Waals surface area (Å²) >= 11 is 4.54. The van der Waals surface area contributed by atoms with Crippen molar-refractivity contribution in [3.63, 3.8) is 0 Å². The van der Waals surface area contributed by atoms with E-state index in [9.17, 15) is 4.79 Å². The van der Waals surface area contributed by atoms with Gasteiger partial charge in [-0.2, -0.15) is 0 Å². The van der Waals surface area contributed by atoms with E-state index in [4.69, 9.17) is 9.84 Å². The number of rotatable bonds is 4. The topological polar surface area (TPSA) is 46.5 Å². The van der Waals surface area contributed by atoms with Crippen molar-refractivity contribution in [3.05, 3.63) is 35.4 Å². The van der Waals surface area contributed by atoms with Gasteiger partial charge in [-0.25, -0.2) is 4.79 Å². The Kier molecular flexibility index (Phi) is 3.59. The molecule has 0 amide bonds. The first-order valence-corrected chi connectivity index (χ1v) is 4.55. The highest BCUT2D eigenvalue weighted by atomic mass is 32.1. The minimum atomic E-state index is -0.958. The molecule has 0 spiro atoms. The van der Waals surface area contributed by atoms with Crippen LogP contribution < -0.4 is 0 Å². The van der Waals surface area contributed by atoms with E-state index >= 15 is 0 Å². The lowest BCUT2D eigenvalue weighted by Gasteiger charge is -2.12. The van der Waals surface area contributed by atoms with E-state index in [2.05, 4.69) is 12.2 Å². The maximum Gasteiger partial charge on any atom is 0.336 e. The average Bonchev–Trinajstić information content (AvgIpc) is 2.18. The van der Waals surface area contributed by atoms with Gasteiger partial charge in [0.2, 0.25) is 0 Å². The maximum absolute atomic E-state index is 10.8. The fraction of sp³-hybridized carbons (Fsp3) is 0.200. The maximum atomic E-state index is 10.8. The van der Waals surface area contributed by atoms with E-state index in [1.165, 1.54) is 0 Å². The Labute approximate surface area is 87.3 Å². The molecule has 0 bridgehead atoms. The summed E-state index contributed by atoms with van der Waals surface area (Å²) in [4.78, 5) is 10.8. The van der Waals surface area contributed by atoms with Crippen molar-refractivity contribution in [1.82, 2.24) is 0 Å². The molecule has 4 heteroatoms. The van der Waals surface area contributed by atoms with Gasteiger partial charge in [0.25, 0.3) is 0 Å². The number of hydrogen-bond acceptors (Lipinski definition) is 3. The number of carbonyl (C=O) groups is 1. The summed E-state index contributed by atoms with van der Waals surface area (Å²) in [7, 11) is 0. The van der Waals surface area contributed by atoms with Crippen molar-refractivity contribution in [3.8, 4) is 0 Å². The smallest absolute Gasteiger partial charge is 0.336 e. The van der Waals surface area contributed by atoms with Gasteiger partial charge in [-0.3, -0.25) is 0 Å². The third kappa shape index (κ3) is 2.29. The minimum absolute atomic E-state index is 0.247. The number of benzene rings is 1. The predicted octanol–water partition coefficient (Wildman–Crippen LogP) is 2.42.